The number of benzene rings is 1. The van der Waals surface area contributed by atoms with Crippen molar-refractivity contribution >= 4 is 11.9 Å². The maximum atomic E-state index is 13.3. The number of nitrogens with one attached hydrogen (secondary N) is 1. The molecule has 1 saturated heterocycles. The predicted molar refractivity (Wildman–Crippen MR) is 93.4 cm³/mol. The van der Waals surface area contributed by atoms with Gasteiger partial charge in [-0.3, -0.25) is 4.79 Å². The lowest BCUT2D eigenvalue weighted by Crippen LogP contribution is -2.45. The Morgan fingerprint density at radius 1 is 1.23 bits per heavy atom. The summed E-state index contributed by atoms with van der Waals surface area (Å²) in [5, 5.41) is 13.4. The van der Waals surface area contributed by atoms with E-state index in [1.165, 1.54) is 43.8 Å². The molecule has 7 nitrogen and oxygen atoms in total. The fraction of sp³-hybridized carbons (Fsp3) is 0.389. The van der Waals surface area contributed by atoms with Crippen LogP contribution in [0.3, 0.4) is 0 Å². The topological polar surface area (TPSA) is 87.6 Å². The number of piperazine rings is 1. The van der Waals surface area contributed by atoms with Crippen molar-refractivity contribution < 1.29 is 19.0 Å². The Labute approximate surface area is 150 Å². The highest BCUT2D eigenvalue weighted by Gasteiger charge is 2.43. The average molecular weight is 360 g/mol. The van der Waals surface area contributed by atoms with Gasteiger partial charge in [0.2, 0.25) is 5.95 Å². The van der Waals surface area contributed by atoms with Gasteiger partial charge in [0.15, 0.2) is 0 Å². The van der Waals surface area contributed by atoms with E-state index in [9.17, 15) is 14.3 Å². The molecule has 1 aromatic carbocycles. The van der Waals surface area contributed by atoms with E-state index in [0.29, 0.717) is 17.1 Å². The SMILES string of the molecule is COC(=O)C(CO)(c1ccc(F)cc1)c1cnc(N2CCNCC2)nc1. The number of rotatable bonds is 5. The molecule has 26 heavy (non-hydrogen) atoms. The lowest BCUT2D eigenvalue weighted by Gasteiger charge is -2.31. The summed E-state index contributed by atoms with van der Waals surface area (Å²) in [6.07, 6.45) is 3.03. The van der Waals surface area contributed by atoms with Crippen LogP contribution < -0.4 is 10.2 Å². The number of carbonyl (C=O) groups is 1. The monoisotopic (exact) mass is 360 g/mol. The highest BCUT2D eigenvalue weighted by atomic mass is 19.1. The minimum atomic E-state index is -1.51. The van der Waals surface area contributed by atoms with Gasteiger partial charge in [-0.25, -0.2) is 14.4 Å². The summed E-state index contributed by atoms with van der Waals surface area (Å²) >= 11 is 0. The number of ether oxygens (including phenoxy) is 1. The van der Waals surface area contributed by atoms with E-state index in [-0.39, 0.29) is 0 Å². The zero-order valence-electron chi connectivity index (χ0n) is 14.5. The molecule has 0 saturated carbocycles. The maximum Gasteiger partial charge on any atom is 0.323 e. The van der Waals surface area contributed by atoms with Gasteiger partial charge >= 0.3 is 5.97 Å². The number of anilines is 1. The van der Waals surface area contributed by atoms with Crippen LogP contribution in [0.4, 0.5) is 10.3 Å². The molecule has 0 bridgehead atoms. The lowest BCUT2D eigenvalue weighted by molar-refractivity contribution is -0.147. The number of aliphatic hydroxyl groups excluding tert-OH is 1. The second kappa shape index (κ2) is 7.76. The molecule has 1 unspecified atom stereocenters. The van der Waals surface area contributed by atoms with Crippen LogP contribution in [0, 0.1) is 5.82 Å². The van der Waals surface area contributed by atoms with E-state index >= 15 is 0 Å². The number of aliphatic hydroxyl groups is 1. The van der Waals surface area contributed by atoms with E-state index < -0.39 is 23.8 Å². The third kappa shape index (κ3) is 3.25. The summed E-state index contributed by atoms with van der Waals surface area (Å²) in [5.74, 6) is -0.535. The molecule has 2 heterocycles. The van der Waals surface area contributed by atoms with Gasteiger partial charge in [0.05, 0.1) is 13.7 Å². The molecular formula is C18H21FN4O3. The summed E-state index contributed by atoms with van der Waals surface area (Å²) in [4.78, 5) is 23.4. The molecule has 2 N–H and O–H groups in total. The zero-order chi connectivity index (χ0) is 18.6. The van der Waals surface area contributed by atoms with Crippen molar-refractivity contribution in [3.8, 4) is 0 Å². The molecular weight excluding hydrogens is 339 g/mol. The first kappa shape index (κ1) is 18.2. The Morgan fingerprint density at radius 3 is 2.38 bits per heavy atom. The number of methoxy groups -OCH3 is 1. The molecule has 0 spiro atoms. The van der Waals surface area contributed by atoms with Crippen molar-refractivity contribution in [2.24, 2.45) is 0 Å². The number of halogens is 1. The summed E-state index contributed by atoms with van der Waals surface area (Å²) in [6.45, 7) is 2.73. The van der Waals surface area contributed by atoms with Gasteiger partial charge in [-0.15, -0.1) is 0 Å². The van der Waals surface area contributed by atoms with Crippen LogP contribution in [0.15, 0.2) is 36.7 Å². The summed E-state index contributed by atoms with van der Waals surface area (Å²) in [6, 6.07) is 5.37. The van der Waals surface area contributed by atoms with E-state index in [1.54, 1.807) is 0 Å². The Kier molecular flexibility index (Phi) is 5.43. The van der Waals surface area contributed by atoms with Crippen LogP contribution in [-0.4, -0.2) is 60.9 Å². The van der Waals surface area contributed by atoms with Crippen LogP contribution in [0.1, 0.15) is 11.1 Å². The lowest BCUT2D eigenvalue weighted by atomic mass is 9.76. The van der Waals surface area contributed by atoms with Gasteiger partial charge in [-0.05, 0) is 17.7 Å². The van der Waals surface area contributed by atoms with Crippen molar-refractivity contribution in [2.75, 3.05) is 44.8 Å². The van der Waals surface area contributed by atoms with Gasteiger partial charge in [0.1, 0.15) is 11.2 Å². The molecule has 0 amide bonds. The molecule has 0 radical (unpaired) electrons. The molecule has 1 aliphatic heterocycles. The Balaban J connectivity index is 2.01. The van der Waals surface area contributed by atoms with Crippen molar-refractivity contribution in [2.45, 2.75) is 5.41 Å². The van der Waals surface area contributed by atoms with Crippen molar-refractivity contribution in [1.82, 2.24) is 15.3 Å². The number of aromatic nitrogens is 2. The molecule has 0 aliphatic carbocycles. The first-order chi connectivity index (χ1) is 12.6. The van der Waals surface area contributed by atoms with Gasteiger partial charge in [-0.2, -0.15) is 0 Å². The fourth-order valence-electron chi connectivity index (χ4n) is 3.13. The Morgan fingerprint density at radius 2 is 1.85 bits per heavy atom. The first-order valence-corrected chi connectivity index (χ1v) is 8.35. The van der Waals surface area contributed by atoms with Crippen LogP contribution in [0.5, 0.6) is 0 Å². The largest absolute Gasteiger partial charge is 0.468 e. The number of carbonyl (C=O) groups excluding carboxylic acids is 1. The molecule has 1 aromatic heterocycles. The van der Waals surface area contributed by atoms with Crippen molar-refractivity contribution in [1.29, 1.82) is 0 Å². The predicted octanol–water partition coefficient (Wildman–Crippen LogP) is 0.477. The highest BCUT2D eigenvalue weighted by molar-refractivity contribution is 5.87. The molecule has 1 fully saturated rings. The second-order valence-electron chi connectivity index (χ2n) is 6.07. The van der Waals surface area contributed by atoms with Crippen LogP contribution in [-0.2, 0) is 14.9 Å². The minimum absolute atomic E-state index is 0.386. The number of esters is 1. The van der Waals surface area contributed by atoms with Crippen LogP contribution >= 0.6 is 0 Å². The minimum Gasteiger partial charge on any atom is -0.468 e. The number of hydrogen-bond acceptors (Lipinski definition) is 7. The average Bonchev–Trinajstić information content (AvgIpc) is 2.71. The van der Waals surface area contributed by atoms with Gasteiger partial charge in [-0.1, -0.05) is 12.1 Å². The highest BCUT2D eigenvalue weighted by Crippen LogP contribution is 2.33. The van der Waals surface area contributed by atoms with E-state index in [4.69, 9.17) is 4.74 Å². The third-order valence-corrected chi connectivity index (χ3v) is 4.64. The Hall–Kier alpha value is -2.58. The first-order valence-electron chi connectivity index (χ1n) is 8.35. The fourth-order valence-corrected chi connectivity index (χ4v) is 3.13. The van der Waals surface area contributed by atoms with Crippen LogP contribution in [0.2, 0.25) is 0 Å². The van der Waals surface area contributed by atoms with E-state index in [1.807, 2.05) is 4.90 Å². The van der Waals surface area contributed by atoms with Crippen LogP contribution in [0.25, 0.3) is 0 Å². The standard InChI is InChI=1S/C18H21FN4O3/c1-26-16(25)18(12-24,13-2-4-15(19)5-3-13)14-10-21-17(22-11-14)23-8-6-20-7-9-23/h2-5,10-11,20,24H,6-9,12H2,1H3. The quantitative estimate of drug-likeness (QED) is 0.750. The van der Waals surface area contributed by atoms with Gasteiger partial charge < -0.3 is 20.1 Å². The Bertz CT molecular complexity index is 748. The van der Waals surface area contributed by atoms with Crippen molar-refractivity contribution in [3.05, 3.63) is 53.6 Å². The molecule has 138 valence electrons. The van der Waals surface area contributed by atoms with Crippen molar-refractivity contribution in [3.63, 3.8) is 0 Å². The molecule has 1 atom stereocenters. The molecule has 2 aromatic rings. The summed E-state index contributed by atoms with van der Waals surface area (Å²) < 4.78 is 18.2. The van der Waals surface area contributed by atoms with E-state index in [2.05, 4.69) is 15.3 Å². The second-order valence-corrected chi connectivity index (χ2v) is 6.07. The number of nitrogens with zero attached hydrogens (tertiary/aromatic N) is 3. The molecule has 3 rings (SSSR count). The smallest absolute Gasteiger partial charge is 0.323 e. The van der Waals surface area contributed by atoms with Gasteiger partial charge in [0, 0.05) is 44.1 Å². The molecule has 1 aliphatic rings. The third-order valence-electron chi connectivity index (χ3n) is 4.64. The molecule has 8 heteroatoms. The summed E-state index contributed by atoms with van der Waals surface area (Å²) in [5.41, 5.74) is -0.714. The van der Waals surface area contributed by atoms with E-state index in [0.717, 1.165) is 26.2 Å². The zero-order valence-corrected chi connectivity index (χ0v) is 14.5. The maximum absolute atomic E-state index is 13.3. The normalized spacial score (nSPS) is 16.8. The summed E-state index contributed by atoms with van der Waals surface area (Å²) in [7, 11) is 1.24. The van der Waals surface area contributed by atoms with Gasteiger partial charge in [0.25, 0.3) is 0 Å². The number of hydrogen-bond donors (Lipinski definition) is 2.